The third kappa shape index (κ3) is 2.00. The molecule has 4 nitrogen and oxygen atoms in total. The fourth-order valence-corrected chi connectivity index (χ4v) is 3.05. The Hall–Kier alpha value is -1.81. The van der Waals surface area contributed by atoms with E-state index in [2.05, 4.69) is 18.0 Å². The predicted octanol–water partition coefficient (Wildman–Crippen LogP) is 2.93. The van der Waals surface area contributed by atoms with Crippen LogP contribution in [-0.2, 0) is 17.7 Å². The van der Waals surface area contributed by atoms with E-state index in [-0.39, 0.29) is 5.91 Å². The van der Waals surface area contributed by atoms with Gasteiger partial charge in [-0.15, -0.1) is 0 Å². The van der Waals surface area contributed by atoms with Gasteiger partial charge < -0.3 is 4.98 Å². The third-order valence-electron chi connectivity index (χ3n) is 4.26. The minimum atomic E-state index is -0.121. The monoisotopic (exact) mass is 272 g/mol. The molecule has 20 heavy (non-hydrogen) atoms. The van der Waals surface area contributed by atoms with Crippen molar-refractivity contribution in [1.82, 2.24) is 10.0 Å². The SMILES string of the molecule is CON(C)C(=O)c1cccc2c3c([nH]c12)CCC(C)C3. The Kier molecular flexibility index (Phi) is 3.26. The van der Waals surface area contributed by atoms with E-state index in [1.54, 1.807) is 7.05 Å². The number of nitrogens with zero attached hydrogens (tertiary/aromatic N) is 1. The first-order valence-electron chi connectivity index (χ1n) is 7.06. The van der Waals surface area contributed by atoms with Gasteiger partial charge in [0.15, 0.2) is 0 Å². The summed E-state index contributed by atoms with van der Waals surface area (Å²) in [5, 5.41) is 2.44. The van der Waals surface area contributed by atoms with E-state index in [0.717, 1.165) is 18.4 Å². The molecule has 0 radical (unpaired) electrons. The van der Waals surface area contributed by atoms with Crippen molar-refractivity contribution in [3.05, 3.63) is 35.0 Å². The second kappa shape index (κ2) is 4.94. The average Bonchev–Trinajstić information content (AvgIpc) is 2.83. The highest BCUT2D eigenvalue weighted by molar-refractivity contribution is 6.06. The molecule has 1 atom stereocenters. The average molecular weight is 272 g/mol. The standard InChI is InChI=1S/C16H20N2O2/c1-10-7-8-14-13(9-10)11-5-4-6-12(15(11)17-14)16(19)18(2)20-3/h4-6,10,17H,7-9H2,1-3H3. The zero-order chi connectivity index (χ0) is 14.3. The van der Waals surface area contributed by atoms with Gasteiger partial charge in [0, 0.05) is 18.1 Å². The highest BCUT2D eigenvalue weighted by Crippen LogP contribution is 2.33. The van der Waals surface area contributed by atoms with Gasteiger partial charge in [0.05, 0.1) is 18.2 Å². The van der Waals surface area contributed by atoms with Gasteiger partial charge in [-0.25, -0.2) is 5.06 Å². The number of carbonyl (C=O) groups is 1. The minimum absolute atomic E-state index is 0.121. The molecule has 0 bridgehead atoms. The fraction of sp³-hybridized carbons (Fsp3) is 0.438. The molecule has 0 saturated heterocycles. The second-order valence-electron chi connectivity index (χ2n) is 5.64. The Balaban J connectivity index is 2.14. The molecule has 1 aliphatic carbocycles. The normalized spacial score (nSPS) is 18.1. The predicted molar refractivity (Wildman–Crippen MR) is 78.6 cm³/mol. The van der Waals surface area contributed by atoms with Crippen LogP contribution < -0.4 is 0 Å². The molecule has 0 fully saturated rings. The van der Waals surface area contributed by atoms with Crippen molar-refractivity contribution >= 4 is 16.8 Å². The summed E-state index contributed by atoms with van der Waals surface area (Å²) in [4.78, 5) is 20.8. The Morgan fingerprint density at radius 2 is 2.25 bits per heavy atom. The lowest BCUT2D eigenvalue weighted by molar-refractivity contribution is -0.0755. The van der Waals surface area contributed by atoms with Gasteiger partial charge in [-0.1, -0.05) is 19.1 Å². The Bertz CT molecular complexity index is 660. The molecule has 3 rings (SSSR count). The van der Waals surface area contributed by atoms with E-state index >= 15 is 0 Å². The molecular weight excluding hydrogens is 252 g/mol. The lowest BCUT2D eigenvalue weighted by atomic mass is 9.87. The van der Waals surface area contributed by atoms with Crippen LogP contribution in [0.5, 0.6) is 0 Å². The minimum Gasteiger partial charge on any atom is -0.358 e. The van der Waals surface area contributed by atoms with Crippen LogP contribution in [0.1, 0.15) is 35.0 Å². The summed E-state index contributed by atoms with van der Waals surface area (Å²) in [6.45, 7) is 2.29. The summed E-state index contributed by atoms with van der Waals surface area (Å²) in [6, 6.07) is 5.91. The van der Waals surface area contributed by atoms with Gasteiger partial charge in [-0.3, -0.25) is 9.63 Å². The first-order valence-corrected chi connectivity index (χ1v) is 7.06. The molecule has 0 aliphatic heterocycles. The molecule has 1 heterocycles. The number of hydrogen-bond acceptors (Lipinski definition) is 2. The lowest BCUT2D eigenvalue weighted by Gasteiger charge is -2.18. The molecule has 0 spiro atoms. The van der Waals surface area contributed by atoms with E-state index in [9.17, 15) is 4.79 Å². The van der Waals surface area contributed by atoms with Gasteiger partial charge in [-0.05, 0) is 36.8 Å². The van der Waals surface area contributed by atoms with Crippen molar-refractivity contribution in [1.29, 1.82) is 0 Å². The molecular formula is C16H20N2O2. The molecule has 1 amide bonds. The first-order chi connectivity index (χ1) is 9.61. The molecule has 4 heteroatoms. The van der Waals surface area contributed by atoms with E-state index in [4.69, 9.17) is 4.84 Å². The Morgan fingerprint density at radius 3 is 3.00 bits per heavy atom. The van der Waals surface area contributed by atoms with E-state index in [1.807, 2.05) is 12.1 Å². The van der Waals surface area contributed by atoms with Crippen LogP contribution >= 0.6 is 0 Å². The van der Waals surface area contributed by atoms with Crippen LogP contribution in [0.3, 0.4) is 0 Å². The van der Waals surface area contributed by atoms with Crippen molar-refractivity contribution < 1.29 is 9.63 Å². The molecule has 1 unspecified atom stereocenters. The maximum Gasteiger partial charge on any atom is 0.279 e. The number of hydroxylamine groups is 2. The van der Waals surface area contributed by atoms with Gasteiger partial charge in [0.2, 0.25) is 0 Å². The van der Waals surface area contributed by atoms with Crippen LogP contribution in [0.15, 0.2) is 18.2 Å². The van der Waals surface area contributed by atoms with Crippen LogP contribution in [0.4, 0.5) is 0 Å². The van der Waals surface area contributed by atoms with Gasteiger partial charge in [0.1, 0.15) is 0 Å². The number of H-pyrrole nitrogens is 1. The summed E-state index contributed by atoms with van der Waals surface area (Å²) in [5.41, 5.74) is 4.29. The molecule has 1 aliphatic rings. The quantitative estimate of drug-likeness (QED) is 0.854. The zero-order valence-electron chi connectivity index (χ0n) is 12.2. The number of para-hydroxylation sites is 1. The molecule has 1 N–H and O–H groups in total. The van der Waals surface area contributed by atoms with E-state index < -0.39 is 0 Å². The number of nitrogens with one attached hydrogen (secondary N) is 1. The van der Waals surface area contributed by atoms with E-state index in [1.165, 1.54) is 35.2 Å². The smallest absolute Gasteiger partial charge is 0.279 e. The number of hydrogen-bond donors (Lipinski definition) is 1. The highest BCUT2D eigenvalue weighted by atomic mass is 16.7. The number of rotatable bonds is 2. The maximum absolute atomic E-state index is 12.3. The number of aromatic amines is 1. The van der Waals surface area contributed by atoms with Crippen LogP contribution in [-0.4, -0.2) is 30.1 Å². The second-order valence-corrected chi connectivity index (χ2v) is 5.64. The number of benzene rings is 1. The molecule has 106 valence electrons. The topological polar surface area (TPSA) is 45.3 Å². The van der Waals surface area contributed by atoms with Crippen LogP contribution in [0, 0.1) is 5.92 Å². The number of fused-ring (bicyclic) bond motifs is 3. The van der Waals surface area contributed by atoms with Crippen molar-refractivity contribution in [2.75, 3.05) is 14.2 Å². The summed E-state index contributed by atoms with van der Waals surface area (Å²) in [5.74, 6) is 0.590. The number of carbonyl (C=O) groups excluding carboxylic acids is 1. The van der Waals surface area contributed by atoms with Gasteiger partial charge in [0.25, 0.3) is 5.91 Å². The van der Waals surface area contributed by atoms with Crippen molar-refractivity contribution in [2.24, 2.45) is 5.92 Å². The molecule has 1 aromatic carbocycles. The van der Waals surface area contributed by atoms with E-state index in [0.29, 0.717) is 11.5 Å². The number of aromatic nitrogens is 1. The Labute approximate surface area is 118 Å². The first kappa shape index (κ1) is 13.2. The van der Waals surface area contributed by atoms with Crippen molar-refractivity contribution in [3.63, 3.8) is 0 Å². The Morgan fingerprint density at radius 1 is 1.45 bits per heavy atom. The van der Waals surface area contributed by atoms with Crippen LogP contribution in [0.25, 0.3) is 10.9 Å². The number of aryl methyl sites for hydroxylation is 1. The third-order valence-corrected chi connectivity index (χ3v) is 4.26. The molecule has 0 saturated carbocycles. The zero-order valence-corrected chi connectivity index (χ0v) is 12.2. The lowest BCUT2D eigenvalue weighted by Crippen LogP contribution is -2.25. The maximum atomic E-state index is 12.3. The summed E-state index contributed by atoms with van der Waals surface area (Å²) < 4.78 is 0. The fourth-order valence-electron chi connectivity index (χ4n) is 3.05. The summed E-state index contributed by atoms with van der Waals surface area (Å²) in [6.07, 6.45) is 3.37. The number of amides is 1. The molecule has 1 aromatic heterocycles. The van der Waals surface area contributed by atoms with Crippen LogP contribution in [0.2, 0.25) is 0 Å². The van der Waals surface area contributed by atoms with Gasteiger partial charge >= 0.3 is 0 Å². The van der Waals surface area contributed by atoms with Crippen molar-refractivity contribution in [3.8, 4) is 0 Å². The van der Waals surface area contributed by atoms with Crippen molar-refractivity contribution in [2.45, 2.75) is 26.2 Å². The van der Waals surface area contributed by atoms with Gasteiger partial charge in [-0.2, -0.15) is 0 Å². The summed E-state index contributed by atoms with van der Waals surface area (Å²) >= 11 is 0. The molecule has 2 aromatic rings. The highest BCUT2D eigenvalue weighted by Gasteiger charge is 2.23. The summed E-state index contributed by atoms with van der Waals surface area (Å²) in [7, 11) is 3.13. The largest absolute Gasteiger partial charge is 0.358 e.